The minimum absolute atomic E-state index is 0.0553. The van der Waals surface area contributed by atoms with Crippen LogP contribution in [-0.4, -0.2) is 46.2 Å². The number of nitrogens with zero attached hydrogens (tertiary/aromatic N) is 3. The number of aromatic nitrogens is 1. The molecule has 2 saturated heterocycles. The first-order valence-corrected chi connectivity index (χ1v) is 9.82. The lowest BCUT2D eigenvalue weighted by Crippen LogP contribution is -2.36. The Kier molecular flexibility index (Phi) is 4.31. The molecule has 2 aliphatic rings. The highest BCUT2D eigenvalue weighted by Gasteiger charge is 2.49. The predicted octanol–water partition coefficient (Wildman–Crippen LogP) is 3.05. The van der Waals surface area contributed by atoms with Gasteiger partial charge in [-0.3, -0.25) is 9.59 Å². The molecule has 136 valence electrons. The van der Waals surface area contributed by atoms with E-state index in [1.807, 2.05) is 28.9 Å². The van der Waals surface area contributed by atoms with Gasteiger partial charge in [0.2, 0.25) is 5.91 Å². The maximum absolute atomic E-state index is 12.8. The van der Waals surface area contributed by atoms with Crippen LogP contribution in [0.3, 0.4) is 0 Å². The van der Waals surface area contributed by atoms with Gasteiger partial charge in [0.1, 0.15) is 4.88 Å². The van der Waals surface area contributed by atoms with Crippen molar-refractivity contribution in [2.45, 2.75) is 26.8 Å². The van der Waals surface area contributed by atoms with E-state index < -0.39 is 0 Å². The van der Waals surface area contributed by atoms with Gasteiger partial charge in [0.15, 0.2) is 0 Å². The lowest BCUT2D eigenvalue weighted by atomic mass is 9.87. The number of hydrogen-bond acceptors (Lipinski definition) is 4. The van der Waals surface area contributed by atoms with Gasteiger partial charge in [-0.2, -0.15) is 0 Å². The van der Waals surface area contributed by atoms with Gasteiger partial charge in [0.05, 0.1) is 17.2 Å². The molecule has 4 rings (SSSR count). The number of carbonyl (C=O) groups is 2. The number of thiazole rings is 1. The van der Waals surface area contributed by atoms with Gasteiger partial charge in [-0.15, -0.1) is 11.3 Å². The Balaban J connectivity index is 1.62. The third kappa shape index (κ3) is 2.82. The van der Waals surface area contributed by atoms with Crippen molar-refractivity contribution in [3.8, 4) is 0 Å². The summed E-state index contributed by atoms with van der Waals surface area (Å²) in [6.45, 7) is 7.80. The van der Waals surface area contributed by atoms with Crippen molar-refractivity contribution in [3.63, 3.8) is 0 Å². The highest BCUT2D eigenvalue weighted by molar-refractivity contribution is 7.13. The molecular formula is C20H23N3O2S. The van der Waals surface area contributed by atoms with Crippen molar-refractivity contribution in [1.82, 2.24) is 14.8 Å². The summed E-state index contributed by atoms with van der Waals surface area (Å²) in [5.74, 6) is 0.811. The van der Waals surface area contributed by atoms with Crippen LogP contribution >= 0.6 is 11.3 Å². The van der Waals surface area contributed by atoms with E-state index >= 15 is 0 Å². The van der Waals surface area contributed by atoms with Crippen molar-refractivity contribution in [3.05, 3.63) is 51.5 Å². The molecule has 2 amide bonds. The molecule has 0 saturated carbocycles. The number of rotatable bonds is 2. The molecule has 0 N–H and O–H groups in total. The molecular weight excluding hydrogens is 346 g/mol. The largest absolute Gasteiger partial charge is 0.337 e. The van der Waals surface area contributed by atoms with Gasteiger partial charge in [0.25, 0.3) is 5.91 Å². The minimum Gasteiger partial charge on any atom is -0.337 e. The Morgan fingerprint density at radius 2 is 1.92 bits per heavy atom. The fourth-order valence-corrected chi connectivity index (χ4v) is 5.21. The maximum atomic E-state index is 12.8. The van der Waals surface area contributed by atoms with Crippen LogP contribution < -0.4 is 0 Å². The molecule has 1 aromatic heterocycles. The molecule has 3 heterocycles. The third-order valence-electron chi connectivity index (χ3n) is 5.69. The van der Waals surface area contributed by atoms with Crippen LogP contribution in [0.5, 0.6) is 0 Å². The van der Waals surface area contributed by atoms with Gasteiger partial charge in [0, 0.05) is 38.4 Å². The summed E-state index contributed by atoms with van der Waals surface area (Å²) in [5, 5.41) is 0.910. The fraction of sp³-hybridized carbons (Fsp3) is 0.450. The molecule has 5 nitrogen and oxygen atoms in total. The highest BCUT2D eigenvalue weighted by Crippen LogP contribution is 2.46. The van der Waals surface area contributed by atoms with Crippen molar-refractivity contribution in [1.29, 1.82) is 0 Å². The van der Waals surface area contributed by atoms with Crippen LogP contribution in [0.4, 0.5) is 0 Å². The van der Waals surface area contributed by atoms with Crippen LogP contribution in [0.25, 0.3) is 0 Å². The average molecular weight is 369 g/mol. The molecule has 26 heavy (non-hydrogen) atoms. The van der Waals surface area contributed by atoms with E-state index in [0.717, 1.165) is 11.6 Å². The molecule has 2 aliphatic heterocycles. The Bertz CT molecular complexity index is 862. The first kappa shape index (κ1) is 17.2. The Morgan fingerprint density at radius 1 is 1.15 bits per heavy atom. The second-order valence-electron chi connectivity index (χ2n) is 7.35. The van der Waals surface area contributed by atoms with E-state index in [9.17, 15) is 9.59 Å². The van der Waals surface area contributed by atoms with Gasteiger partial charge < -0.3 is 9.80 Å². The molecule has 1 aromatic carbocycles. The summed E-state index contributed by atoms with van der Waals surface area (Å²) < 4.78 is 0. The van der Waals surface area contributed by atoms with Crippen molar-refractivity contribution in [2.24, 2.45) is 11.8 Å². The van der Waals surface area contributed by atoms with Crippen LogP contribution in [0, 0.1) is 25.7 Å². The average Bonchev–Trinajstić information content (AvgIpc) is 3.28. The number of fused-ring (bicyclic) bond motifs is 1. The van der Waals surface area contributed by atoms with Crippen LogP contribution in [0.15, 0.2) is 30.5 Å². The molecule has 3 atom stereocenters. The summed E-state index contributed by atoms with van der Waals surface area (Å²) in [4.78, 5) is 33.9. The van der Waals surface area contributed by atoms with E-state index in [-0.39, 0.29) is 23.8 Å². The van der Waals surface area contributed by atoms with Crippen LogP contribution in [0.2, 0.25) is 0 Å². The SMILES string of the molecule is CC(=O)N1C[C@H]2CN(C(=O)c3cnc(C)s3)C[C@H]2[C@@H]1c1ccccc1C. The monoisotopic (exact) mass is 369 g/mol. The maximum Gasteiger partial charge on any atom is 0.265 e. The van der Waals surface area contributed by atoms with E-state index in [2.05, 4.69) is 24.0 Å². The summed E-state index contributed by atoms with van der Waals surface area (Å²) in [5.41, 5.74) is 2.41. The van der Waals surface area contributed by atoms with Crippen LogP contribution in [0.1, 0.15) is 38.8 Å². The molecule has 0 bridgehead atoms. The van der Waals surface area contributed by atoms with Crippen molar-refractivity contribution in [2.75, 3.05) is 19.6 Å². The first-order chi connectivity index (χ1) is 12.5. The molecule has 2 fully saturated rings. The van der Waals surface area contributed by atoms with Gasteiger partial charge in [-0.1, -0.05) is 24.3 Å². The lowest BCUT2D eigenvalue weighted by Gasteiger charge is -2.30. The standard InChI is InChI=1S/C20H23N3O2S/c1-12-6-4-5-7-16(12)19-17-11-22(9-15(17)10-23(19)14(3)24)20(25)18-8-21-13(2)26-18/h4-8,15,17,19H,9-11H2,1-3H3/t15-,17-,19+/m1/s1. The first-order valence-electron chi connectivity index (χ1n) is 9.00. The summed E-state index contributed by atoms with van der Waals surface area (Å²) >= 11 is 1.45. The number of hydrogen-bond donors (Lipinski definition) is 0. The molecule has 2 aromatic rings. The van der Waals surface area contributed by atoms with Gasteiger partial charge >= 0.3 is 0 Å². The number of carbonyl (C=O) groups excluding carboxylic acids is 2. The van der Waals surface area contributed by atoms with E-state index in [0.29, 0.717) is 23.9 Å². The normalized spacial score (nSPS) is 24.8. The predicted molar refractivity (Wildman–Crippen MR) is 101 cm³/mol. The molecule has 6 heteroatoms. The zero-order valence-electron chi connectivity index (χ0n) is 15.3. The van der Waals surface area contributed by atoms with Gasteiger partial charge in [-0.05, 0) is 25.0 Å². The van der Waals surface area contributed by atoms with Crippen LogP contribution in [-0.2, 0) is 4.79 Å². The second-order valence-corrected chi connectivity index (χ2v) is 8.59. The lowest BCUT2D eigenvalue weighted by molar-refractivity contribution is -0.130. The zero-order valence-corrected chi connectivity index (χ0v) is 16.1. The Labute approximate surface area is 157 Å². The second kappa shape index (κ2) is 6.50. The number of aryl methyl sites for hydroxylation is 2. The highest BCUT2D eigenvalue weighted by atomic mass is 32.1. The summed E-state index contributed by atoms with van der Waals surface area (Å²) in [6, 6.07) is 8.33. The van der Waals surface area contributed by atoms with Crippen molar-refractivity contribution >= 4 is 23.2 Å². The van der Waals surface area contributed by atoms with E-state index in [1.54, 1.807) is 13.1 Å². The summed E-state index contributed by atoms with van der Waals surface area (Å²) in [6.07, 6.45) is 1.68. The topological polar surface area (TPSA) is 53.5 Å². The third-order valence-corrected chi connectivity index (χ3v) is 6.60. The zero-order chi connectivity index (χ0) is 18.4. The Hall–Kier alpha value is -2.21. The van der Waals surface area contributed by atoms with E-state index in [1.165, 1.54) is 22.5 Å². The number of amides is 2. The fourth-order valence-electron chi connectivity index (χ4n) is 4.47. The molecule has 0 aliphatic carbocycles. The quantitative estimate of drug-likeness (QED) is 0.818. The molecule has 0 unspecified atom stereocenters. The summed E-state index contributed by atoms with van der Waals surface area (Å²) in [7, 11) is 0. The van der Waals surface area contributed by atoms with E-state index in [4.69, 9.17) is 0 Å². The smallest absolute Gasteiger partial charge is 0.265 e. The molecule has 0 radical (unpaired) electrons. The van der Waals surface area contributed by atoms with Gasteiger partial charge in [-0.25, -0.2) is 4.98 Å². The minimum atomic E-state index is 0.0553. The number of likely N-dealkylation sites (tertiary alicyclic amines) is 2. The Morgan fingerprint density at radius 3 is 2.58 bits per heavy atom. The number of benzene rings is 1. The van der Waals surface area contributed by atoms with Crippen molar-refractivity contribution < 1.29 is 9.59 Å². The molecule has 0 spiro atoms.